The van der Waals surface area contributed by atoms with Gasteiger partial charge >= 0.3 is 0 Å². The van der Waals surface area contributed by atoms with Gasteiger partial charge in [-0.15, -0.1) is 0 Å². The maximum Gasteiger partial charge on any atom is 0.179 e. The van der Waals surface area contributed by atoms with Gasteiger partial charge < -0.3 is 18.2 Å². The highest BCUT2D eigenvalue weighted by Crippen LogP contribution is 2.48. The lowest BCUT2D eigenvalue weighted by Crippen LogP contribution is -2.74. The van der Waals surface area contributed by atoms with Crippen LogP contribution < -0.4 is 57.5 Å². The Kier molecular flexibility index (Phi) is 19.2. The Hall–Kier alpha value is -8.43. The van der Waals surface area contributed by atoms with Crippen molar-refractivity contribution in [2.45, 2.75) is 37.5 Å². The van der Waals surface area contributed by atoms with Crippen molar-refractivity contribution in [1.29, 1.82) is 1.12 Å². The number of hydrogen-bond donors (Lipinski definition) is 0. The lowest BCUT2D eigenvalue weighted by Gasteiger charge is -2.39. The van der Waals surface area contributed by atoms with Gasteiger partial charge in [0.2, 0.25) is 0 Å². The maximum absolute atomic E-state index is 15.0. The van der Waals surface area contributed by atoms with Crippen LogP contribution in [0.15, 0.2) is 346 Å². The third-order valence-corrected chi connectivity index (χ3v) is 27.9. The molecule has 0 unspecified atom stereocenters. The summed E-state index contributed by atoms with van der Waals surface area (Å²) in [6.07, 6.45) is 5.90. The Morgan fingerprint density at radius 2 is 0.552 bits per heavy atom. The van der Waals surface area contributed by atoms with Gasteiger partial charge in [-0.25, -0.2) is 8.02 Å². The monoisotopic (exact) mass is 1220 g/mol. The lowest BCUT2D eigenvalue weighted by atomic mass is 9.65. The van der Waals surface area contributed by atoms with Crippen LogP contribution in [0.3, 0.4) is 0 Å². The molecule has 1 saturated carbocycles. The van der Waals surface area contributed by atoms with Crippen molar-refractivity contribution in [1.82, 2.24) is 0 Å². The Morgan fingerprint density at radius 1 is 0.322 bits per heavy atom. The van der Waals surface area contributed by atoms with Crippen LogP contribution >= 0.6 is 22.3 Å². The summed E-state index contributed by atoms with van der Waals surface area (Å²) in [4.78, 5) is 2.32. The maximum atomic E-state index is 15.0. The van der Waals surface area contributed by atoms with Crippen LogP contribution in [0.4, 0.5) is 17.1 Å². The van der Waals surface area contributed by atoms with E-state index in [0.29, 0.717) is 0 Å². The summed E-state index contributed by atoms with van der Waals surface area (Å²) in [5.41, 5.74) is 6.03. The summed E-state index contributed by atoms with van der Waals surface area (Å²) < 4.78 is 45.1. The second-order valence-electron chi connectivity index (χ2n) is 21.8. The Labute approximate surface area is 521 Å². The molecule has 1 aliphatic rings. The van der Waals surface area contributed by atoms with E-state index in [1.807, 2.05) is 121 Å². The molecule has 0 heterocycles. The Balaban J connectivity index is 0.000000173. The molecule has 0 bridgehead atoms. The molecule has 13 rings (SSSR count). The van der Waals surface area contributed by atoms with E-state index in [1.54, 1.807) is 0 Å². The predicted octanol–water partition coefficient (Wildman–Crippen LogP) is 15.0. The van der Waals surface area contributed by atoms with Gasteiger partial charge in [0.05, 0.1) is 0 Å². The molecule has 0 radical (unpaired) electrons. The van der Waals surface area contributed by atoms with Gasteiger partial charge in [0.15, 0.2) is 22.4 Å². The van der Waals surface area contributed by atoms with E-state index in [9.17, 15) is 4.57 Å². The average molecular weight is 1220 g/mol. The van der Waals surface area contributed by atoms with Gasteiger partial charge in [0.25, 0.3) is 0 Å². The Morgan fingerprint density at radius 3 is 0.862 bits per heavy atom. The average Bonchev–Trinajstić information content (AvgIpc) is 0.970. The molecule has 430 valence electrons. The van der Waals surface area contributed by atoms with E-state index < -0.39 is 33.1 Å². The minimum Gasteiger partial charge on any atom is -0.460 e. The molecule has 12 aromatic rings. The summed E-state index contributed by atoms with van der Waals surface area (Å²) in [5.74, 6) is 0. The van der Waals surface area contributed by atoms with E-state index in [1.165, 1.54) is 51.1 Å². The number of nitrogens with zero attached hydrogens (tertiary/aromatic N) is 1. The summed E-state index contributed by atoms with van der Waals surface area (Å²) >= 11 is 0. The van der Waals surface area contributed by atoms with Crippen molar-refractivity contribution in [2.24, 2.45) is 0 Å². The molecule has 9 heteroatoms. The minimum atomic E-state index is -3.05. The van der Waals surface area contributed by atoms with Crippen molar-refractivity contribution in [2.75, 3.05) is 4.90 Å². The topological polar surface area (TPSA) is 54.5 Å². The highest BCUT2D eigenvalue weighted by atomic mass is 32.4. The molecule has 4 nitrogen and oxygen atoms in total. The summed E-state index contributed by atoms with van der Waals surface area (Å²) in [6.45, 7) is 0. The van der Waals surface area contributed by atoms with Crippen molar-refractivity contribution in [3.05, 3.63) is 357 Å². The first-order valence-corrected chi connectivity index (χ1v) is 37.0. The molecule has 1 fully saturated rings. The molecular weight excluding hydrogens is 1150 g/mol. The first-order chi connectivity index (χ1) is 43.2. The van der Waals surface area contributed by atoms with E-state index in [0.717, 1.165) is 61.7 Å². The smallest absolute Gasteiger partial charge is 0.179 e. The van der Waals surface area contributed by atoms with Gasteiger partial charge in [-0.05, 0) is 81.1 Å². The van der Waals surface area contributed by atoms with E-state index in [-0.39, 0.29) is 5.41 Å². The standard InChI is InChI=1S/C42H38NOP.C36H29OPSi.H2OPS/c44-45(39-20-10-3-11-21-39,40-22-12-4-13-23-40)41-30-26-35(27-31-41)42(32-14-5-15-33-42)34-24-28-38(29-25-34)43(36-16-6-1-7-17-36)37-18-8-2-9-19-37;37-38(30-16-6-1-7-17-30,31-18-8-2-9-19-31)32-26-28-36(29-27-32)39(33-20-10-3-11-21-33,34-22-12-4-13-23-34)35-24-14-5-15-25-35;1-3-2/h1-4,6-13,16-31H,5,14-15,32-33H2;1-29H;2-3H/q;;-1/i;;3T. The highest BCUT2D eigenvalue weighted by Gasteiger charge is 2.42. The quantitative estimate of drug-likeness (QED) is 0.0337. The van der Waals surface area contributed by atoms with Crippen molar-refractivity contribution < 1.29 is 13.3 Å². The van der Waals surface area contributed by atoms with Crippen LogP contribution in [0, 0.1) is 0 Å². The van der Waals surface area contributed by atoms with Crippen LogP contribution in [0.1, 0.15) is 43.2 Å². The largest absolute Gasteiger partial charge is 0.460 e. The number of benzene rings is 12. The first kappa shape index (κ1) is 58.9. The molecule has 0 aromatic heterocycles. The van der Waals surface area contributed by atoms with E-state index in [2.05, 4.69) is 237 Å². The first-order valence-electron chi connectivity index (χ1n) is 30.0. The normalized spacial score (nSPS) is 13.1. The molecule has 0 aliphatic heterocycles. The van der Waals surface area contributed by atoms with Crippen LogP contribution in [-0.2, 0) is 29.5 Å². The number of rotatable bonds is 15. The van der Waals surface area contributed by atoms with Gasteiger partial charge in [-0.3, -0.25) is 10.7 Å². The predicted molar refractivity (Wildman–Crippen MR) is 378 cm³/mol. The van der Waals surface area contributed by atoms with E-state index >= 15 is 4.57 Å². The van der Waals surface area contributed by atoms with Crippen LogP contribution in [0.2, 0.25) is 0 Å². The summed E-state index contributed by atoms with van der Waals surface area (Å²) in [5, 5.41) is 10.4. The fourth-order valence-corrected chi connectivity index (χ4v) is 22.9. The molecule has 1 aliphatic carbocycles. The van der Waals surface area contributed by atoms with Crippen LogP contribution in [-0.4, -0.2) is 9.20 Å². The van der Waals surface area contributed by atoms with Gasteiger partial charge in [-0.2, -0.15) is 0 Å². The zero-order chi connectivity index (χ0) is 60.7. The molecular formula is C78H69NO3P3SSi-. The van der Waals surface area contributed by atoms with Crippen molar-refractivity contribution in [3.8, 4) is 0 Å². The zero-order valence-electron chi connectivity index (χ0n) is 49.4. The Bertz CT molecular complexity index is 4080. The molecule has 0 atom stereocenters. The summed E-state index contributed by atoms with van der Waals surface area (Å²) in [6, 6.07) is 120. The number of para-hydroxylation sites is 2. The van der Waals surface area contributed by atoms with E-state index in [4.69, 9.17) is 5.33 Å². The van der Waals surface area contributed by atoms with Crippen molar-refractivity contribution >= 4 is 111 Å². The number of hydrogen-bond acceptors (Lipinski definition) is 5. The molecule has 12 aromatic carbocycles. The number of anilines is 3. The van der Waals surface area contributed by atoms with Crippen LogP contribution in [0.5, 0.6) is 0 Å². The molecule has 87 heavy (non-hydrogen) atoms. The highest BCUT2D eigenvalue weighted by molar-refractivity contribution is 7.93. The SMILES string of the molecule is O=P(c1ccccc1)(c1ccccc1)c1ccc(C2(c3ccc(N(c4ccccc4)c4ccccc4)cc3)CCCCC2)cc1.O=P(c1ccccc1)(c1ccccc1)c1ccc([Si](c2ccccc2)(c2ccccc2)c2ccccc2)cc1.[3H][S-](=O)=P. The fraction of sp³-hybridized carbons (Fsp3) is 0.0769. The fourth-order valence-electron chi connectivity index (χ4n) is 12.9. The third-order valence-electron chi connectivity index (χ3n) is 17.0. The van der Waals surface area contributed by atoms with Crippen LogP contribution in [0.25, 0.3) is 0 Å². The summed E-state index contributed by atoms with van der Waals surface area (Å²) in [7, 11) is -7.80. The molecule has 0 spiro atoms. The molecule has 0 saturated heterocycles. The van der Waals surface area contributed by atoms with Gasteiger partial charge in [0.1, 0.15) is 0 Å². The molecule has 0 N–H and O–H groups in total. The molecule has 0 amide bonds. The van der Waals surface area contributed by atoms with Crippen molar-refractivity contribution in [3.63, 3.8) is 0 Å². The van der Waals surface area contributed by atoms with Gasteiger partial charge in [0, 0.05) is 54.3 Å². The number of thiol groups is 1. The minimum absolute atomic E-state index is 0.0664. The zero-order valence-corrected chi connectivity index (χ0v) is 53.0. The second kappa shape index (κ2) is 28.4. The third kappa shape index (κ3) is 12.6. The lowest BCUT2D eigenvalue weighted by molar-refractivity contribution is 0.346. The van der Waals surface area contributed by atoms with Gasteiger partial charge in [-0.1, -0.05) is 330 Å². The second-order valence-corrected chi connectivity index (χ2v) is 31.8.